The van der Waals surface area contributed by atoms with Gasteiger partial charge >= 0.3 is 0 Å². The molecule has 3 aromatic carbocycles. The van der Waals surface area contributed by atoms with E-state index in [9.17, 15) is 18.0 Å². The first-order chi connectivity index (χ1) is 21.0. The van der Waals surface area contributed by atoms with Gasteiger partial charge in [0.2, 0.25) is 21.8 Å². The van der Waals surface area contributed by atoms with E-state index in [-0.39, 0.29) is 37.7 Å². The van der Waals surface area contributed by atoms with Gasteiger partial charge in [0.15, 0.2) is 0 Å². The highest BCUT2D eigenvalue weighted by Gasteiger charge is 2.31. The number of rotatable bonds is 17. The van der Waals surface area contributed by atoms with Gasteiger partial charge in [-0.15, -0.1) is 0 Å². The number of carbonyl (C=O) groups is 2. The van der Waals surface area contributed by atoms with Crippen LogP contribution in [0.2, 0.25) is 10.0 Å². The number of unbranched alkanes of at least 4 members (excludes halogenated alkanes) is 1. The van der Waals surface area contributed by atoms with Crippen molar-refractivity contribution >= 4 is 50.7 Å². The smallest absolute Gasteiger partial charge is 0.243 e. The highest BCUT2D eigenvalue weighted by Crippen LogP contribution is 2.26. The summed E-state index contributed by atoms with van der Waals surface area (Å²) < 4.78 is 32.2. The van der Waals surface area contributed by atoms with Crippen LogP contribution in [0.1, 0.15) is 50.7 Å². The van der Waals surface area contributed by atoms with Gasteiger partial charge in [-0.05, 0) is 67.3 Å². The molecule has 0 aliphatic heterocycles. The predicted molar refractivity (Wildman–Crippen MR) is 178 cm³/mol. The molecule has 0 aliphatic carbocycles. The second kappa shape index (κ2) is 17.3. The Labute approximate surface area is 271 Å². The SMILES string of the molecule is CCCCNC(=O)[C@@H](Cc1ccccc1)N(Cc1ccc(Cl)cc1Cl)C(=O)CCCN(c1ccc(OCC)cc1)S(C)(=O)=O. The lowest BCUT2D eigenvalue weighted by Gasteiger charge is -2.32. The standard InChI is InChI=1S/C33H41Cl2N3O5S/c1-4-6-20-36-33(40)31(22-25-11-8-7-9-12-25)37(24-26-14-15-27(34)23-30(26)35)32(39)13-10-21-38(44(3,41)42)28-16-18-29(19-17-28)43-5-2/h7-9,11-12,14-19,23,31H,4-6,10,13,20-22,24H2,1-3H3,(H,36,40)/t31-/m1/s1. The molecule has 3 rings (SSSR count). The maximum Gasteiger partial charge on any atom is 0.243 e. The first kappa shape index (κ1) is 35.2. The van der Waals surface area contributed by atoms with E-state index in [0.717, 1.165) is 24.7 Å². The third-order valence-corrected chi connectivity index (χ3v) is 8.83. The van der Waals surface area contributed by atoms with E-state index in [0.29, 0.717) is 46.6 Å². The Morgan fingerprint density at radius 1 is 0.955 bits per heavy atom. The molecule has 0 unspecified atom stereocenters. The molecule has 0 bridgehead atoms. The van der Waals surface area contributed by atoms with Gasteiger partial charge in [0.1, 0.15) is 11.8 Å². The number of nitrogens with zero attached hydrogens (tertiary/aromatic N) is 2. The van der Waals surface area contributed by atoms with Gasteiger partial charge in [-0.2, -0.15) is 0 Å². The maximum absolute atomic E-state index is 14.0. The Balaban J connectivity index is 1.88. The Bertz CT molecular complexity index is 1470. The summed E-state index contributed by atoms with van der Waals surface area (Å²) in [6.07, 6.45) is 3.42. The molecule has 0 aliphatic rings. The minimum atomic E-state index is -3.63. The maximum atomic E-state index is 14.0. The number of halogens is 2. The molecule has 0 aromatic heterocycles. The molecule has 0 spiro atoms. The molecule has 238 valence electrons. The van der Waals surface area contributed by atoms with Crippen molar-refractivity contribution in [3.63, 3.8) is 0 Å². The number of benzene rings is 3. The molecule has 0 radical (unpaired) electrons. The topological polar surface area (TPSA) is 96.0 Å². The van der Waals surface area contributed by atoms with Crippen LogP contribution in [0.3, 0.4) is 0 Å². The molecule has 1 atom stereocenters. The van der Waals surface area contributed by atoms with Crippen molar-refractivity contribution < 1.29 is 22.7 Å². The Hall–Kier alpha value is -3.27. The van der Waals surface area contributed by atoms with E-state index < -0.39 is 16.1 Å². The predicted octanol–water partition coefficient (Wildman–Crippen LogP) is 6.49. The Morgan fingerprint density at radius 3 is 2.27 bits per heavy atom. The van der Waals surface area contributed by atoms with Gasteiger partial charge in [0, 0.05) is 42.5 Å². The fourth-order valence-electron chi connectivity index (χ4n) is 4.77. The van der Waals surface area contributed by atoms with Crippen LogP contribution < -0.4 is 14.4 Å². The minimum Gasteiger partial charge on any atom is -0.494 e. The van der Waals surface area contributed by atoms with Crippen molar-refractivity contribution in [2.75, 3.05) is 30.3 Å². The van der Waals surface area contributed by atoms with E-state index in [1.807, 2.05) is 44.2 Å². The third-order valence-electron chi connectivity index (χ3n) is 7.04. The fourth-order valence-corrected chi connectivity index (χ4v) is 6.21. The summed E-state index contributed by atoms with van der Waals surface area (Å²) in [6.45, 7) is 5.07. The molecular formula is C33H41Cl2N3O5S. The molecule has 0 fully saturated rings. The van der Waals surface area contributed by atoms with Gasteiger partial charge < -0.3 is 15.0 Å². The van der Waals surface area contributed by atoms with Gasteiger partial charge in [-0.1, -0.05) is 72.9 Å². The van der Waals surface area contributed by atoms with Gasteiger partial charge in [0.25, 0.3) is 0 Å². The molecule has 3 aromatic rings. The first-order valence-electron chi connectivity index (χ1n) is 14.8. The average Bonchev–Trinajstić information content (AvgIpc) is 2.98. The number of hydrogen-bond donors (Lipinski definition) is 1. The number of hydrogen-bond acceptors (Lipinski definition) is 5. The van der Waals surface area contributed by atoms with Crippen LogP contribution in [0.25, 0.3) is 0 Å². The number of sulfonamides is 1. The van der Waals surface area contributed by atoms with Crippen LogP contribution in [0.15, 0.2) is 72.8 Å². The molecule has 0 saturated carbocycles. The second-order valence-electron chi connectivity index (χ2n) is 10.5. The zero-order valence-corrected chi connectivity index (χ0v) is 27.8. The van der Waals surface area contributed by atoms with Crippen molar-refractivity contribution in [1.29, 1.82) is 0 Å². The van der Waals surface area contributed by atoms with E-state index in [1.54, 1.807) is 47.4 Å². The highest BCUT2D eigenvalue weighted by molar-refractivity contribution is 7.92. The molecule has 1 N–H and O–H groups in total. The lowest BCUT2D eigenvalue weighted by Crippen LogP contribution is -2.50. The van der Waals surface area contributed by atoms with Crippen molar-refractivity contribution in [2.24, 2.45) is 0 Å². The van der Waals surface area contributed by atoms with Crippen LogP contribution >= 0.6 is 23.2 Å². The summed E-state index contributed by atoms with van der Waals surface area (Å²) in [7, 11) is -3.63. The molecule has 8 nitrogen and oxygen atoms in total. The summed E-state index contributed by atoms with van der Waals surface area (Å²) in [5.41, 5.74) is 2.03. The number of ether oxygens (including phenoxy) is 1. The average molecular weight is 663 g/mol. The molecule has 0 heterocycles. The van der Waals surface area contributed by atoms with Crippen LogP contribution in [0, 0.1) is 0 Å². The number of nitrogens with one attached hydrogen (secondary N) is 1. The number of anilines is 1. The summed E-state index contributed by atoms with van der Waals surface area (Å²) in [5, 5.41) is 3.84. The Morgan fingerprint density at radius 2 is 1.66 bits per heavy atom. The van der Waals surface area contributed by atoms with Gasteiger partial charge in [-0.3, -0.25) is 13.9 Å². The van der Waals surface area contributed by atoms with Crippen LogP contribution in [0.4, 0.5) is 5.69 Å². The zero-order chi connectivity index (χ0) is 32.1. The molecule has 2 amide bonds. The lowest BCUT2D eigenvalue weighted by molar-refractivity contribution is -0.141. The van der Waals surface area contributed by atoms with Crippen LogP contribution in [-0.4, -0.2) is 57.1 Å². The summed E-state index contributed by atoms with van der Waals surface area (Å²) in [6, 6.07) is 20.5. The monoisotopic (exact) mass is 661 g/mol. The van der Waals surface area contributed by atoms with Crippen molar-refractivity contribution in [3.8, 4) is 5.75 Å². The zero-order valence-electron chi connectivity index (χ0n) is 25.5. The van der Waals surface area contributed by atoms with E-state index in [4.69, 9.17) is 27.9 Å². The van der Waals surface area contributed by atoms with E-state index in [2.05, 4.69) is 5.32 Å². The van der Waals surface area contributed by atoms with E-state index >= 15 is 0 Å². The van der Waals surface area contributed by atoms with Crippen LogP contribution in [-0.2, 0) is 32.6 Å². The first-order valence-corrected chi connectivity index (χ1v) is 17.4. The minimum absolute atomic E-state index is 0.0157. The Kier molecular flexibility index (Phi) is 13.8. The largest absolute Gasteiger partial charge is 0.494 e. The summed E-state index contributed by atoms with van der Waals surface area (Å²) >= 11 is 12.6. The molecule has 11 heteroatoms. The second-order valence-corrected chi connectivity index (χ2v) is 13.2. The van der Waals surface area contributed by atoms with E-state index in [1.165, 1.54) is 4.31 Å². The normalized spacial score (nSPS) is 11.9. The van der Waals surface area contributed by atoms with Crippen molar-refractivity contribution in [2.45, 2.75) is 58.5 Å². The number of carbonyl (C=O) groups excluding carboxylic acids is 2. The molecule has 0 saturated heterocycles. The van der Waals surface area contributed by atoms with Gasteiger partial charge in [-0.25, -0.2) is 8.42 Å². The molecule has 44 heavy (non-hydrogen) atoms. The van der Waals surface area contributed by atoms with Crippen molar-refractivity contribution in [1.82, 2.24) is 10.2 Å². The summed E-state index contributed by atoms with van der Waals surface area (Å²) in [4.78, 5) is 29.1. The third kappa shape index (κ3) is 10.7. The number of amides is 2. The molecular weight excluding hydrogens is 621 g/mol. The summed E-state index contributed by atoms with van der Waals surface area (Å²) in [5.74, 6) is 0.0914. The van der Waals surface area contributed by atoms with Crippen molar-refractivity contribution in [3.05, 3.63) is 94.0 Å². The lowest BCUT2D eigenvalue weighted by atomic mass is 10.0. The van der Waals surface area contributed by atoms with Gasteiger partial charge in [0.05, 0.1) is 18.6 Å². The fraction of sp³-hybridized carbons (Fsp3) is 0.394. The highest BCUT2D eigenvalue weighted by atomic mass is 35.5. The van der Waals surface area contributed by atoms with Crippen LogP contribution in [0.5, 0.6) is 5.75 Å². The quantitative estimate of drug-likeness (QED) is 0.167.